The monoisotopic (exact) mass is 455 g/mol. The van der Waals surface area contributed by atoms with Crippen LogP contribution < -0.4 is 10.9 Å². The molecule has 3 heterocycles. The number of hydrogen-bond donors (Lipinski definition) is 2. The van der Waals surface area contributed by atoms with E-state index in [1.54, 1.807) is 42.7 Å². The summed E-state index contributed by atoms with van der Waals surface area (Å²) in [6, 6.07) is 12.4. The van der Waals surface area contributed by atoms with Gasteiger partial charge in [0.15, 0.2) is 0 Å². The van der Waals surface area contributed by atoms with Crippen molar-refractivity contribution in [2.75, 3.05) is 6.54 Å². The second-order valence-electron chi connectivity index (χ2n) is 8.23. The number of aromatic nitrogens is 2. The number of carbonyl (C=O) groups is 4. The third-order valence-electron chi connectivity index (χ3n) is 6.13. The van der Waals surface area contributed by atoms with Crippen LogP contribution in [0.25, 0.3) is 22.2 Å². The minimum atomic E-state index is -0.660. The van der Waals surface area contributed by atoms with Crippen molar-refractivity contribution >= 4 is 34.5 Å². The highest BCUT2D eigenvalue weighted by Gasteiger charge is 2.47. The summed E-state index contributed by atoms with van der Waals surface area (Å²) in [4.78, 5) is 60.3. The second-order valence-corrected chi connectivity index (χ2v) is 8.23. The number of hydrazine groups is 1. The third-order valence-corrected chi connectivity index (χ3v) is 6.13. The lowest BCUT2D eigenvalue weighted by Gasteiger charge is -2.15. The Kier molecular flexibility index (Phi) is 5.59. The molecule has 5 rings (SSSR count). The van der Waals surface area contributed by atoms with Gasteiger partial charge in [0.05, 0.1) is 28.6 Å². The van der Waals surface area contributed by atoms with E-state index in [0.717, 1.165) is 10.5 Å². The number of nitrogens with one attached hydrogen (secondary N) is 2. The summed E-state index contributed by atoms with van der Waals surface area (Å²) in [5.41, 5.74) is 6.95. The molecule has 1 saturated heterocycles. The fourth-order valence-electron chi connectivity index (χ4n) is 4.43. The first-order valence-electron chi connectivity index (χ1n) is 10.9. The number of para-hydroxylation sites is 1. The van der Waals surface area contributed by atoms with Gasteiger partial charge in [-0.1, -0.05) is 30.4 Å². The average molecular weight is 455 g/mol. The first-order valence-corrected chi connectivity index (χ1v) is 10.9. The van der Waals surface area contributed by atoms with Crippen molar-refractivity contribution in [3.8, 4) is 11.3 Å². The molecule has 1 aliphatic carbocycles. The van der Waals surface area contributed by atoms with Crippen LogP contribution in [0.1, 0.15) is 23.2 Å². The van der Waals surface area contributed by atoms with Crippen LogP contribution in [0.5, 0.6) is 0 Å². The van der Waals surface area contributed by atoms with E-state index in [4.69, 9.17) is 0 Å². The number of fused-ring (bicyclic) bond motifs is 2. The molecule has 2 unspecified atom stereocenters. The van der Waals surface area contributed by atoms with Crippen molar-refractivity contribution in [3.05, 3.63) is 72.6 Å². The molecule has 2 aliphatic rings. The molecular formula is C25H21N5O4. The van der Waals surface area contributed by atoms with E-state index in [0.29, 0.717) is 35.0 Å². The quantitative estimate of drug-likeness (QED) is 0.353. The van der Waals surface area contributed by atoms with Gasteiger partial charge in [0, 0.05) is 23.3 Å². The second kappa shape index (κ2) is 8.86. The van der Waals surface area contributed by atoms with E-state index < -0.39 is 30.2 Å². The maximum Gasteiger partial charge on any atom is 0.270 e. The Morgan fingerprint density at radius 2 is 1.71 bits per heavy atom. The van der Waals surface area contributed by atoms with Crippen molar-refractivity contribution in [3.63, 3.8) is 0 Å². The van der Waals surface area contributed by atoms with E-state index in [1.165, 1.54) is 0 Å². The number of amides is 4. The van der Waals surface area contributed by atoms with Crippen LogP contribution >= 0.6 is 0 Å². The Morgan fingerprint density at radius 3 is 2.41 bits per heavy atom. The third kappa shape index (κ3) is 3.92. The Bertz CT molecular complexity index is 1310. The largest absolute Gasteiger partial charge is 0.274 e. The lowest BCUT2D eigenvalue weighted by Crippen LogP contribution is -2.48. The normalized spacial score (nSPS) is 19.2. The number of hydrogen-bond acceptors (Lipinski definition) is 6. The van der Waals surface area contributed by atoms with E-state index >= 15 is 0 Å². The summed E-state index contributed by atoms with van der Waals surface area (Å²) in [6.45, 7) is -0.441. The zero-order chi connectivity index (χ0) is 23.7. The van der Waals surface area contributed by atoms with Crippen LogP contribution in [0.4, 0.5) is 0 Å². The molecule has 2 atom stereocenters. The number of allylic oxidation sites excluding steroid dienone is 2. The molecule has 9 nitrogen and oxygen atoms in total. The molecule has 1 aromatic carbocycles. The Hall–Kier alpha value is -4.40. The standard InChI is InChI=1S/C25H21N5O4/c31-22(14-30-24(33)17-8-1-2-9-18(17)25(30)34)28-29-23(32)19-12-21(15-6-5-11-26-13-15)27-20-10-4-3-7-16(19)20/h1-7,10-13,17-18H,8-9,14H2,(H,28,31)(H,29,32). The van der Waals surface area contributed by atoms with Crippen molar-refractivity contribution in [2.24, 2.45) is 11.8 Å². The predicted molar refractivity (Wildman–Crippen MR) is 123 cm³/mol. The van der Waals surface area contributed by atoms with Crippen LogP contribution in [0.3, 0.4) is 0 Å². The molecule has 0 spiro atoms. The van der Waals surface area contributed by atoms with E-state index in [9.17, 15) is 19.2 Å². The highest BCUT2D eigenvalue weighted by Crippen LogP contribution is 2.34. The summed E-state index contributed by atoms with van der Waals surface area (Å²) >= 11 is 0. The summed E-state index contributed by atoms with van der Waals surface area (Å²) in [5, 5.41) is 0.614. The van der Waals surface area contributed by atoms with Gasteiger partial charge in [0.2, 0.25) is 11.8 Å². The number of benzene rings is 1. The topological polar surface area (TPSA) is 121 Å². The van der Waals surface area contributed by atoms with Crippen molar-refractivity contribution in [2.45, 2.75) is 12.8 Å². The van der Waals surface area contributed by atoms with E-state index in [2.05, 4.69) is 20.8 Å². The zero-order valence-electron chi connectivity index (χ0n) is 18.1. The van der Waals surface area contributed by atoms with E-state index in [1.807, 2.05) is 24.3 Å². The molecule has 1 fully saturated rings. The Balaban J connectivity index is 1.31. The molecule has 2 N–H and O–H groups in total. The number of pyridine rings is 2. The number of imide groups is 1. The van der Waals surface area contributed by atoms with Crippen LogP contribution in [0.15, 0.2) is 67.0 Å². The molecule has 0 radical (unpaired) electrons. The smallest absolute Gasteiger partial charge is 0.270 e. The highest BCUT2D eigenvalue weighted by atomic mass is 16.2. The van der Waals surface area contributed by atoms with Crippen LogP contribution in [-0.4, -0.2) is 45.0 Å². The highest BCUT2D eigenvalue weighted by molar-refractivity contribution is 6.09. The first kappa shape index (κ1) is 21.4. The maximum atomic E-state index is 13.0. The van der Waals surface area contributed by atoms with Gasteiger partial charge < -0.3 is 0 Å². The fraction of sp³-hybridized carbons (Fsp3) is 0.200. The van der Waals surface area contributed by atoms with Crippen LogP contribution in [0, 0.1) is 11.8 Å². The van der Waals surface area contributed by atoms with Gasteiger partial charge in [-0.3, -0.25) is 39.9 Å². The van der Waals surface area contributed by atoms with Crippen LogP contribution in [0.2, 0.25) is 0 Å². The fourth-order valence-corrected chi connectivity index (χ4v) is 4.43. The van der Waals surface area contributed by atoms with Gasteiger partial charge in [0.25, 0.3) is 11.8 Å². The number of likely N-dealkylation sites (tertiary alicyclic amines) is 1. The van der Waals surface area contributed by atoms with E-state index in [-0.39, 0.29) is 11.8 Å². The summed E-state index contributed by atoms with van der Waals surface area (Å²) in [6.07, 6.45) is 8.06. The molecule has 9 heteroatoms. The molecule has 34 heavy (non-hydrogen) atoms. The molecule has 2 aromatic heterocycles. The SMILES string of the molecule is O=C(CN1C(=O)C2CC=CCC2C1=O)NNC(=O)c1cc(-c2cccnc2)nc2ccccc12. The molecular weight excluding hydrogens is 434 g/mol. The van der Waals surface area contributed by atoms with Gasteiger partial charge >= 0.3 is 0 Å². The lowest BCUT2D eigenvalue weighted by atomic mass is 9.85. The van der Waals surface area contributed by atoms with Gasteiger partial charge in [0.1, 0.15) is 6.54 Å². The van der Waals surface area contributed by atoms with Gasteiger partial charge in [-0.25, -0.2) is 4.98 Å². The summed E-state index contributed by atoms with van der Waals surface area (Å²) in [5.74, 6) is -2.71. The van der Waals surface area contributed by atoms with Crippen LogP contribution in [-0.2, 0) is 14.4 Å². The molecule has 1 aliphatic heterocycles. The Labute approximate surface area is 194 Å². The van der Waals surface area contributed by atoms with Crippen molar-refractivity contribution < 1.29 is 19.2 Å². The number of nitrogens with zero attached hydrogens (tertiary/aromatic N) is 3. The minimum absolute atomic E-state index is 0.315. The molecule has 0 saturated carbocycles. The molecule has 0 bridgehead atoms. The zero-order valence-corrected chi connectivity index (χ0v) is 18.1. The molecule has 4 amide bonds. The molecule has 3 aromatic rings. The van der Waals surface area contributed by atoms with Gasteiger partial charge in [-0.15, -0.1) is 0 Å². The predicted octanol–water partition coefficient (Wildman–Crippen LogP) is 2.01. The number of rotatable bonds is 4. The molecule has 170 valence electrons. The first-order chi connectivity index (χ1) is 16.5. The van der Waals surface area contributed by atoms with Gasteiger partial charge in [-0.05, 0) is 37.1 Å². The average Bonchev–Trinajstić information content (AvgIpc) is 3.12. The van der Waals surface area contributed by atoms with Gasteiger partial charge in [-0.2, -0.15) is 0 Å². The number of carbonyl (C=O) groups excluding carboxylic acids is 4. The van der Waals surface area contributed by atoms with Crippen molar-refractivity contribution in [1.82, 2.24) is 25.7 Å². The minimum Gasteiger partial charge on any atom is -0.274 e. The lowest BCUT2D eigenvalue weighted by molar-refractivity contribution is -0.143. The Morgan fingerprint density at radius 1 is 0.971 bits per heavy atom. The summed E-state index contributed by atoms with van der Waals surface area (Å²) in [7, 11) is 0. The maximum absolute atomic E-state index is 13.0. The van der Waals surface area contributed by atoms with Crippen molar-refractivity contribution in [1.29, 1.82) is 0 Å². The summed E-state index contributed by atoms with van der Waals surface area (Å²) < 4.78 is 0.